The van der Waals surface area contributed by atoms with Gasteiger partial charge in [0.25, 0.3) is 0 Å². The van der Waals surface area contributed by atoms with Gasteiger partial charge in [0.2, 0.25) is 0 Å². The summed E-state index contributed by atoms with van der Waals surface area (Å²) < 4.78 is 13.6. The number of halogens is 2. The number of aryl methyl sites for hydroxylation is 1. The molecule has 1 atom stereocenters. The lowest BCUT2D eigenvalue weighted by molar-refractivity contribution is 0.161. The first-order valence-electron chi connectivity index (χ1n) is 7.07. The van der Waals surface area contributed by atoms with Crippen molar-refractivity contribution in [1.29, 1.82) is 0 Å². The van der Waals surface area contributed by atoms with Crippen molar-refractivity contribution >= 4 is 12.4 Å². The topological polar surface area (TPSA) is 35.5 Å². The molecule has 1 aromatic carbocycles. The second-order valence-corrected chi connectivity index (χ2v) is 5.25. The number of piperazine rings is 1. The molecule has 0 spiro atoms. The van der Waals surface area contributed by atoms with Gasteiger partial charge in [-0.15, -0.1) is 12.4 Å². The maximum absolute atomic E-state index is 13.6. The molecule has 0 bridgehead atoms. The van der Waals surface area contributed by atoms with Crippen LogP contribution in [0.15, 0.2) is 12.1 Å². The van der Waals surface area contributed by atoms with E-state index in [4.69, 9.17) is 0 Å². The minimum absolute atomic E-state index is 0. The Bertz CT molecular complexity index is 436. The van der Waals surface area contributed by atoms with E-state index in [1.54, 1.807) is 6.92 Å². The zero-order valence-corrected chi connectivity index (χ0v) is 13.0. The first kappa shape index (κ1) is 17.2. The standard InChI is InChI=1S/C15H23FN2O.ClH/c1-3-4-14(18-7-5-17-6-8-18)13-10-12(16)9-11(2)15(13)19;/h9-10,14,17,19H,3-8H2,1-2H3;1H/t14-;/m1./s1. The van der Waals surface area contributed by atoms with E-state index in [1.807, 2.05) is 0 Å². The molecule has 1 saturated heterocycles. The van der Waals surface area contributed by atoms with Crippen LogP contribution in [0.25, 0.3) is 0 Å². The van der Waals surface area contributed by atoms with Gasteiger partial charge in [-0.2, -0.15) is 0 Å². The van der Waals surface area contributed by atoms with Crippen molar-refractivity contribution in [3.63, 3.8) is 0 Å². The van der Waals surface area contributed by atoms with Crippen LogP contribution in [0.2, 0.25) is 0 Å². The molecule has 1 aliphatic rings. The highest BCUT2D eigenvalue weighted by Gasteiger charge is 2.24. The Labute approximate surface area is 126 Å². The third-order valence-corrected chi connectivity index (χ3v) is 3.81. The van der Waals surface area contributed by atoms with E-state index in [2.05, 4.69) is 17.1 Å². The van der Waals surface area contributed by atoms with Gasteiger partial charge >= 0.3 is 0 Å². The normalized spacial score (nSPS) is 17.6. The summed E-state index contributed by atoms with van der Waals surface area (Å²) in [6, 6.07) is 2.99. The summed E-state index contributed by atoms with van der Waals surface area (Å²) in [4.78, 5) is 2.34. The molecule has 0 aliphatic carbocycles. The average Bonchev–Trinajstić information content (AvgIpc) is 2.41. The Morgan fingerprint density at radius 1 is 1.35 bits per heavy atom. The third-order valence-electron chi connectivity index (χ3n) is 3.81. The van der Waals surface area contributed by atoms with E-state index < -0.39 is 0 Å². The van der Waals surface area contributed by atoms with Crippen molar-refractivity contribution in [2.75, 3.05) is 26.2 Å². The fraction of sp³-hybridized carbons (Fsp3) is 0.600. The molecule has 0 aromatic heterocycles. The molecule has 20 heavy (non-hydrogen) atoms. The van der Waals surface area contributed by atoms with Gasteiger partial charge in [0, 0.05) is 37.8 Å². The smallest absolute Gasteiger partial charge is 0.124 e. The minimum atomic E-state index is -0.262. The number of hydrogen-bond acceptors (Lipinski definition) is 3. The highest BCUT2D eigenvalue weighted by atomic mass is 35.5. The van der Waals surface area contributed by atoms with Crippen LogP contribution in [-0.2, 0) is 0 Å². The summed E-state index contributed by atoms with van der Waals surface area (Å²) in [5.74, 6) is -0.0140. The van der Waals surface area contributed by atoms with Crippen molar-refractivity contribution < 1.29 is 9.50 Å². The Hall–Kier alpha value is -0.840. The summed E-state index contributed by atoms with van der Waals surface area (Å²) in [7, 11) is 0. The Morgan fingerprint density at radius 2 is 2.00 bits per heavy atom. The summed E-state index contributed by atoms with van der Waals surface area (Å²) in [5.41, 5.74) is 1.35. The van der Waals surface area contributed by atoms with Crippen molar-refractivity contribution in [2.24, 2.45) is 0 Å². The molecule has 2 N–H and O–H groups in total. The number of nitrogens with one attached hydrogen (secondary N) is 1. The highest BCUT2D eigenvalue weighted by molar-refractivity contribution is 5.85. The second kappa shape index (κ2) is 7.81. The molecule has 114 valence electrons. The van der Waals surface area contributed by atoms with Gasteiger partial charge in [-0.25, -0.2) is 4.39 Å². The van der Waals surface area contributed by atoms with Crippen LogP contribution < -0.4 is 5.32 Å². The molecule has 5 heteroatoms. The lowest BCUT2D eigenvalue weighted by Gasteiger charge is -2.35. The van der Waals surface area contributed by atoms with E-state index in [0.717, 1.165) is 44.6 Å². The van der Waals surface area contributed by atoms with Crippen LogP contribution >= 0.6 is 12.4 Å². The van der Waals surface area contributed by atoms with Crippen LogP contribution in [0.3, 0.4) is 0 Å². The molecule has 1 aromatic rings. The van der Waals surface area contributed by atoms with E-state index in [0.29, 0.717) is 5.56 Å². The lowest BCUT2D eigenvalue weighted by atomic mass is 9.96. The maximum atomic E-state index is 13.6. The number of phenols is 1. The second-order valence-electron chi connectivity index (χ2n) is 5.25. The molecule has 0 amide bonds. The molecule has 2 rings (SSSR count). The van der Waals surface area contributed by atoms with E-state index >= 15 is 0 Å². The van der Waals surface area contributed by atoms with Crippen molar-refractivity contribution in [3.8, 4) is 5.75 Å². The number of phenolic OH excluding ortho intramolecular Hbond substituents is 1. The van der Waals surface area contributed by atoms with Crippen LogP contribution in [0.4, 0.5) is 4.39 Å². The molecular weight excluding hydrogens is 279 g/mol. The van der Waals surface area contributed by atoms with E-state index in [1.165, 1.54) is 12.1 Å². The highest BCUT2D eigenvalue weighted by Crippen LogP contribution is 2.35. The minimum Gasteiger partial charge on any atom is -0.507 e. The zero-order chi connectivity index (χ0) is 13.8. The molecule has 0 saturated carbocycles. The molecule has 3 nitrogen and oxygen atoms in total. The van der Waals surface area contributed by atoms with Crippen molar-refractivity contribution in [2.45, 2.75) is 32.7 Å². The van der Waals surface area contributed by atoms with Gasteiger partial charge in [0.15, 0.2) is 0 Å². The molecule has 1 heterocycles. The summed E-state index contributed by atoms with van der Waals surface area (Å²) in [6.07, 6.45) is 1.96. The van der Waals surface area contributed by atoms with Gasteiger partial charge in [-0.3, -0.25) is 4.90 Å². The number of rotatable bonds is 4. The number of nitrogens with zero attached hydrogens (tertiary/aromatic N) is 1. The van der Waals surface area contributed by atoms with Crippen LogP contribution in [0.5, 0.6) is 5.75 Å². The van der Waals surface area contributed by atoms with E-state index in [-0.39, 0.29) is 30.0 Å². The monoisotopic (exact) mass is 302 g/mol. The quantitative estimate of drug-likeness (QED) is 0.897. The average molecular weight is 303 g/mol. The maximum Gasteiger partial charge on any atom is 0.124 e. The van der Waals surface area contributed by atoms with Crippen LogP contribution in [-0.4, -0.2) is 36.2 Å². The Kier molecular flexibility index (Phi) is 6.72. The zero-order valence-electron chi connectivity index (χ0n) is 12.2. The molecule has 0 unspecified atom stereocenters. The molecular formula is C15H24ClFN2O. The van der Waals surface area contributed by atoms with Gasteiger partial charge in [0.1, 0.15) is 11.6 Å². The predicted molar refractivity (Wildman–Crippen MR) is 82.1 cm³/mol. The first-order valence-corrected chi connectivity index (χ1v) is 7.07. The Morgan fingerprint density at radius 3 is 2.60 bits per heavy atom. The van der Waals surface area contributed by atoms with Crippen LogP contribution in [0, 0.1) is 12.7 Å². The summed E-state index contributed by atoms with van der Waals surface area (Å²) >= 11 is 0. The fourth-order valence-corrected chi connectivity index (χ4v) is 2.82. The first-order chi connectivity index (χ1) is 9.13. The summed E-state index contributed by atoms with van der Waals surface area (Å²) in [5, 5.41) is 13.6. The molecule has 1 fully saturated rings. The molecule has 1 aliphatic heterocycles. The fourth-order valence-electron chi connectivity index (χ4n) is 2.82. The van der Waals surface area contributed by atoms with Crippen molar-refractivity contribution in [3.05, 3.63) is 29.1 Å². The predicted octanol–water partition coefficient (Wildman–Crippen LogP) is 3.01. The number of benzene rings is 1. The summed E-state index contributed by atoms with van der Waals surface area (Å²) in [6.45, 7) is 7.67. The van der Waals surface area contributed by atoms with E-state index in [9.17, 15) is 9.50 Å². The van der Waals surface area contributed by atoms with Gasteiger partial charge in [-0.05, 0) is 31.0 Å². The van der Waals surface area contributed by atoms with Crippen molar-refractivity contribution in [1.82, 2.24) is 10.2 Å². The lowest BCUT2D eigenvalue weighted by Crippen LogP contribution is -2.45. The van der Waals surface area contributed by atoms with Crippen LogP contribution in [0.1, 0.15) is 36.9 Å². The Balaban J connectivity index is 0.00000200. The largest absolute Gasteiger partial charge is 0.507 e. The SMILES string of the molecule is CCC[C@H](c1cc(F)cc(C)c1O)N1CCNCC1.Cl. The number of hydrogen-bond donors (Lipinski definition) is 2. The van der Waals surface area contributed by atoms with Gasteiger partial charge < -0.3 is 10.4 Å². The number of aromatic hydroxyl groups is 1. The third kappa shape index (κ3) is 3.84. The van der Waals surface area contributed by atoms with Gasteiger partial charge in [-0.1, -0.05) is 13.3 Å². The molecule has 0 radical (unpaired) electrons. The van der Waals surface area contributed by atoms with Gasteiger partial charge in [0.05, 0.1) is 0 Å².